The van der Waals surface area contributed by atoms with Crippen LogP contribution in [0.3, 0.4) is 0 Å². The van der Waals surface area contributed by atoms with Gasteiger partial charge >= 0.3 is 0 Å². The van der Waals surface area contributed by atoms with Crippen molar-refractivity contribution in [3.05, 3.63) is 47.5 Å². The molecule has 0 fully saturated rings. The summed E-state index contributed by atoms with van der Waals surface area (Å²) in [7, 11) is 0. The molecule has 0 aliphatic heterocycles. The largest absolute Gasteiger partial charge is 0.310 e. The van der Waals surface area contributed by atoms with Gasteiger partial charge in [0.15, 0.2) is 5.16 Å². The lowest BCUT2D eigenvalue weighted by Crippen LogP contribution is -2.21. The maximum absolute atomic E-state index is 14.2. The monoisotopic (exact) mass is 305 g/mol. The Bertz CT molecular complexity index is 604. The summed E-state index contributed by atoms with van der Waals surface area (Å²) < 4.78 is 14.2. The summed E-state index contributed by atoms with van der Waals surface area (Å²) in [4.78, 5) is 9.46. The second kappa shape index (κ2) is 7.52. The van der Waals surface area contributed by atoms with Crippen molar-refractivity contribution >= 4 is 11.8 Å². The fourth-order valence-electron chi connectivity index (χ4n) is 2.06. The Kier molecular flexibility index (Phi) is 5.70. The van der Waals surface area contributed by atoms with E-state index in [1.165, 1.54) is 17.8 Å². The van der Waals surface area contributed by atoms with Crippen molar-refractivity contribution in [2.75, 3.05) is 6.54 Å². The molecule has 0 radical (unpaired) electrons. The Labute approximate surface area is 129 Å². The maximum Gasteiger partial charge on any atom is 0.192 e. The number of aromatic nitrogens is 2. The first-order valence-electron chi connectivity index (χ1n) is 7.11. The van der Waals surface area contributed by atoms with E-state index in [9.17, 15) is 4.39 Å². The van der Waals surface area contributed by atoms with Crippen LogP contribution in [0.4, 0.5) is 4.39 Å². The summed E-state index contributed by atoms with van der Waals surface area (Å²) in [5, 5.41) is 3.98. The van der Waals surface area contributed by atoms with E-state index in [0.29, 0.717) is 10.7 Å². The van der Waals surface area contributed by atoms with E-state index < -0.39 is 0 Å². The van der Waals surface area contributed by atoms with Gasteiger partial charge in [-0.3, -0.25) is 0 Å². The molecule has 0 amide bonds. The number of hydrogen-bond donors (Lipinski definition) is 1. The molecule has 1 atom stereocenters. The van der Waals surface area contributed by atoms with Crippen LogP contribution in [0, 0.1) is 12.7 Å². The van der Waals surface area contributed by atoms with Crippen LogP contribution in [-0.4, -0.2) is 16.5 Å². The number of hydrogen-bond acceptors (Lipinski definition) is 4. The van der Waals surface area contributed by atoms with E-state index in [1.807, 2.05) is 26.0 Å². The lowest BCUT2D eigenvalue weighted by Gasteiger charge is -2.18. The Morgan fingerprint density at radius 2 is 2.14 bits per heavy atom. The Morgan fingerprint density at radius 1 is 1.33 bits per heavy atom. The molecule has 1 aromatic carbocycles. The van der Waals surface area contributed by atoms with Crippen LogP contribution in [0.5, 0.6) is 0 Å². The first kappa shape index (κ1) is 15.9. The topological polar surface area (TPSA) is 37.8 Å². The first-order valence-corrected chi connectivity index (χ1v) is 7.92. The highest BCUT2D eigenvalue weighted by atomic mass is 32.2. The van der Waals surface area contributed by atoms with Gasteiger partial charge in [0, 0.05) is 28.4 Å². The van der Waals surface area contributed by atoms with Gasteiger partial charge in [0.25, 0.3) is 0 Å². The van der Waals surface area contributed by atoms with Gasteiger partial charge in [-0.2, -0.15) is 0 Å². The van der Waals surface area contributed by atoms with Crippen molar-refractivity contribution in [1.82, 2.24) is 15.3 Å². The number of nitrogens with zero attached hydrogens (tertiary/aromatic N) is 2. The predicted octanol–water partition coefficient (Wildman–Crippen LogP) is 4.14. The molecular formula is C16H20FN3S. The number of aryl methyl sites for hydroxylation is 1. The molecule has 2 aromatic rings. The standard InChI is InChI=1S/C16H20FN3S/c1-4-9-18-12(3)15-13(17)6-5-7-14(15)21-16-19-10-8-11(2)20-16/h5-8,10,12,18H,4,9H2,1-3H3. The van der Waals surface area contributed by atoms with Crippen LogP contribution in [0.25, 0.3) is 0 Å². The molecule has 3 nitrogen and oxygen atoms in total. The van der Waals surface area contributed by atoms with Crippen LogP contribution in [0.2, 0.25) is 0 Å². The molecular weight excluding hydrogens is 285 g/mol. The molecule has 1 unspecified atom stereocenters. The van der Waals surface area contributed by atoms with Crippen LogP contribution in [-0.2, 0) is 0 Å². The normalized spacial score (nSPS) is 12.4. The van der Waals surface area contributed by atoms with E-state index in [4.69, 9.17) is 0 Å². The van der Waals surface area contributed by atoms with Gasteiger partial charge in [0.2, 0.25) is 0 Å². The molecule has 1 aromatic heterocycles. The lowest BCUT2D eigenvalue weighted by molar-refractivity contribution is 0.519. The fraction of sp³-hybridized carbons (Fsp3) is 0.375. The Hall–Kier alpha value is -1.46. The van der Waals surface area contributed by atoms with Crippen LogP contribution < -0.4 is 5.32 Å². The molecule has 2 rings (SSSR count). The van der Waals surface area contributed by atoms with Crippen LogP contribution in [0.15, 0.2) is 40.5 Å². The second-order valence-corrected chi connectivity index (χ2v) is 5.92. The minimum absolute atomic E-state index is 0.0431. The molecule has 0 spiro atoms. The summed E-state index contributed by atoms with van der Waals surface area (Å²) in [6.07, 6.45) is 2.74. The van der Waals surface area contributed by atoms with Crippen molar-refractivity contribution in [3.63, 3.8) is 0 Å². The average Bonchev–Trinajstić information content (AvgIpc) is 2.45. The van der Waals surface area contributed by atoms with Crippen LogP contribution in [0.1, 0.15) is 37.6 Å². The van der Waals surface area contributed by atoms with Gasteiger partial charge in [-0.1, -0.05) is 13.0 Å². The summed E-state index contributed by atoms with van der Waals surface area (Å²) in [6.45, 7) is 6.86. The van der Waals surface area contributed by atoms with Gasteiger partial charge in [-0.25, -0.2) is 14.4 Å². The zero-order chi connectivity index (χ0) is 15.2. The Balaban J connectivity index is 2.28. The van der Waals surface area contributed by atoms with Crippen molar-refractivity contribution in [2.24, 2.45) is 0 Å². The predicted molar refractivity (Wildman–Crippen MR) is 84.0 cm³/mol. The summed E-state index contributed by atoms with van der Waals surface area (Å²) >= 11 is 1.40. The third-order valence-electron chi connectivity index (χ3n) is 3.12. The van der Waals surface area contributed by atoms with Crippen molar-refractivity contribution in [1.29, 1.82) is 0 Å². The van der Waals surface area contributed by atoms with E-state index in [0.717, 1.165) is 23.6 Å². The van der Waals surface area contributed by atoms with Crippen molar-refractivity contribution in [2.45, 2.75) is 43.3 Å². The number of halogens is 1. The molecule has 0 saturated carbocycles. The number of rotatable bonds is 6. The van der Waals surface area contributed by atoms with E-state index in [1.54, 1.807) is 12.3 Å². The lowest BCUT2D eigenvalue weighted by atomic mass is 10.1. The average molecular weight is 305 g/mol. The minimum Gasteiger partial charge on any atom is -0.310 e. The van der Waals surface area contributed by atoms with Gasteiger partial charge in [-0.15, -0.1) is 0 Å². The summed E-state index contributed by atoms with van der Waals surface area (Å²) in [6, 6.07) is 6.95. The third-order valence-corrected chi connectivity index (χ3v) is 4.08. The number of nitrogens with one attached hydrogen (secondary N) is 1. The van der Waals surface area contributed by atoms with E-state index >= 15 is 0 Å². The van der Waals surface area contributed by atoms with E-state index in [-0.39, 0.29) is 11.9 Å². The highest BCUT2D eigenvalue weighted by Crippen LogP contribution is 2.33. The molecule has 0 bridgehead atoms. The first-order chi connectivity index (χ1) is 10.1. The molecule has 112 valence electrons. The minimum atomic E-state index is -0.191. The second-order valence-electron chi connectivity index (χ2n) is 4.91. The molecule has 21 heavy (non-hydrogen) atoms. The van der Waals surface area contributed by atoms with Gasteiger partial charge in [0.05, 0.1) is 0 Å². The molecule has 1 N–H and O–H groups in total. The van der Waals surface area contributed by atoms with Gasteiger partial charge in [-0.05, 0) is 56.8 Å². The third kappa shape index (κ3) is 4.25. The van der Waals surface area contributed by atoms with E-state index in [2.05, 4.69) is 22.2 Å². The summed E-state index contributed by atoms with van der Waals surface area (Å²) in [5.41, 5.74) is 1.59. The molecule has 1 heterocycles. The maximum atomic E-state index is 14.2. The van der Waals surface area contributed by atoms with Crippen LogP contribution >= 0.6 is 11.8 Å². The van der Waals surface area contributed by atoms with Crippen molar-refractivity contribution in [3.8, 4) is 0 Å². The van der Waals surface area contributed by atoms with Gasteiger partial charge < -0.3 is 5.32 Å². The Morgan fingerprint density at radius 3 is 2.86 bits per heavy atom. The summed E-state index contributed by atoms with van der Waals surface area (Å²) in [5.74, 6) is -0.191. The quantitative estimate of drug-likeness (QED) is 0.814. The highest BCUT2D eigenvalue weighted by Gasteiger charge is 2.16. The zero-order valence-corrected chi connectivity index (χ0v) is 13.4. The molecule has 0 aliphatic rings. The van der Waals surface area contributed by atoms with Crippen molar-refractivity contribution < 1.29 is 4.39 Å². The molecule has 0 saturated heterocycles. The zero-order valence-electron chi connectivity index (χ0n) is 12.6. The smallest absolute Gasteiger partial charge is 0.192 e. The fourth-order valence-corrected chi connectivity index (χ4v) is 3.09. The number of benzene rings is 1. The van der Waals surface area contributed by atoms with Gasteiger partial charge in [0.1, 0.15) is 5.82 Å². The molecule has 5 heteroatoms. The molecule has 0 aliphatic carbocycles. The highest BCUT2D eigenvalue weighted by molar-refractivity contribution is 7.99. The SMILES string of the molecule is CCCNC(C)c1c(F)cccc1Sc1nccc(C)n1.